The molecule has 1 aromatic rings. The monoisotopic (exact) mass is 374 g/mol. The first-order valence-electron chi connectivity index (χ1n) is 7.31. The predicted molar refractivity (Wildman–Crippen MR) is 93.3 cm³/mol. The van der Waals surface area contributed by atoms with Gasteiger partial charge in [-0.25, -0.2) is 0 Å². The molecule has 1 saturated heterocycles. The Labute approximate surface area is 142 Å². The van der Waals surface area contributed by atoms with Gasteiger partial charge in [0.25, 0.3) is 5.91 Å². The molecule has 1 aliphatic heterocycles. The SMILES string of the molecule is CNCCC1CCN(C(=O)c2cc(C)cc(Br)c2)CC1.Cl. The summed E-state index contributed by atoms with van der Waals surface area (Å²) in [5, 5.41) is 3.20. The lowest BCUT2D eigenvalue weighted by molar-refractivity contribution is 0.0687. The minimum atomic E-state index is 0. The maximum Gasteiger partial charge on any atom is 0.253 e. The molecule has 0 radical (unpaired) electrons. The Morgan fingerprint density at radius 3 is 2.57 bits per heavy atom. The van der Waals surface area contributed by atoms with E-state index in [2.05, 4.69) is 21.2 Å². The van der Waals surface area contributed by atoms with Crippen molar-refractivity contribution in [1.82, 2.24) is 10.2 Å². The fourth-order valence-electron chi connectivity index (χ4n) is 2.82. The third-order valence-electron chi connectivity index (χ3n) is 3.99. The number of carbonyl (C=O) groups excluding carboxylic acids is 1. The molecule has 1 aromatic carbocycles. The summed E-state index contributed by atoms with van der Waals surface area (Å²) in [5.74, 6) is 0.928. The molecule has 1 heterocycles. The zero-order valence-electron chi connectivity index (χ0n) is 12.7. The van der Waals surface area contributed by atoms with E-state index in [0.29, 0.717) is 0 Å². The van der Waals surface area contributed by atoms with Gasteiger partial charge in [-0.15, -0.1) is 12.4 Å². The Balaban J connectivity index is 0.00000220. The molecule has 1 aliphatic rings. The lowest BCUT2D eigenvalue weighted by Crippen LogP contribution is -2.39. The fraction of sp³-hybridized carbons (Fsp3) is 0.562. The third kappa shape index (κ3) is 5.28. The number of piperidine rings is 1. The van der Waals surface area contributed by atoms with Crippen molar-refractivity contribution in [3.05, 3.63) is 33.8 Å². The van der Waals surface area contributed by atoms with Crippen molar-refractivity contribution in [3.8, 4) is 0 Å². The second kappa shape index (κ2) is 8.76. The van der Waals surface area contributed by atoms with Gasteiger partial charge in [-0.2, -0.15) is 0 Å². The molecule has 2 rings (SSSR count). The van der Waals surface area contributed by atoms with E-state index in [0.717, 1.165) is 54.0 Å². The van der Waals surface area contributed by atoms with E-state index in [9.17, 15) is 4.79 Å². The summed E-state index contributed by atoms with van der Waals surface area (Å²) in [6.07, 6.45) is 3.47. The summed E-state index contributed by atoms with van der Waals surface area (Å²) in [7, 11) is 1.99. The van der Waals surface area contributed by atoms with Gasteiger partial charge < -0.3 is 10.2 Å². The molecule has 21 heavy (non-hydrogen) atoms. The van der Waals surface area contributed by atoms with Gasteiger partial charge in [0.15, 0.2) is 0 Å². The van der Waals surface area contributed by atoms with Crippen molar-refractivity contribution in [3.63, 3.8) is 0 Å². The molecule has 5 heteroatoms. The average molecular weight is 376 g/mol. The highest BCUT2D eigenvalue weighted by Gasteiger charge is 2.23. The normalized spacial score (nSPS) is 15.7. The van der Waals surface area contributed by atoms with Crippen LogP contribution in [0.3, 0.4) is 0 Å². The van der Waals surface area contributed by atoms with Crippen molar-refractivity contribution < 1.29 is 4.79 Å². The Morgan fingerprint density at radius 2 is 2.00 bits per heavy atom. The standard InChI is InChI=1S/C16H23BrN2O.ClH/c1-12-9-14(11-15(17)10-12)16(20)19-7-4-13(5-8-19)3-6-18-2;/h9-11,13,18H,3-8H2,1-2H3;1H. The molecule has 0 aromatic heterocycles. The van der Waals surface area contributed by atoms with Crippen LogP contribution in [0.1, 0.15) is 35.2 Å². The second-order valence-electron chi connectivity index (χ2n) is 5.65. The zero-order chi connectivity index (χ0) is 14.5. The van der Waals surface area contributed by atoms with E-state index < -0.39 is 0 Å². The lowest BCUT2D eigenvalue weighted by Gasteiger charge is -2.32. The molecule has 1 fully saturated rings. The van der Waals surface area contributed by atoms with Gasteiger partial charge in [-0.3, -0.25) is 4.79 Å². The number of benzene rings is 1. The van der Waals surface area contributed by atoms with Gasteiger partial charge >= 0.3 is 0 Å². The molecule has 1 N–H and O–H groups in total. The fourth-order valence-corrected chi connectivity index (χ4v) is 3.42. The van der Waals surface area contributed by atoms with Gasteiger partial charge in [0, 0.05) is 23.1 Å². The average Bonchev–Trinajstić information content (AvgIpc) is 2.44. The van der Waals surface area contributed by atoms with E-state index in [1.54, 1.807) is 0 Å². The Bertz CT molecular complexity index is 453. The zero-order valence-corrected chi connectivity index (χ0v) is 15.1. The molecule has 0 spiro atoms. The summed E-state index contributed by atoms with van der Waals surface area (Å²) in [6, 6.07) is 5.92. The number of halogens is 2. The van der Waals surface area contributed by atoms with Gasteiger partial charge in [-0.1, -0.05) is 15.9 Å². The number of rotatable bonds is 4. The number of carbonyl (C=O) groups is 1. The van der Waals surface area contributed by atoms with Crippen LogP contribution < -0.4 is 5.32 Å². The molecule has 0 bridgehead atoms. The minimum Gasteiger partial charge on any atom is -0.339 e. The molecule has 0 unspecified atom stereocenters. The van der Waals surface area contributed by atoms with Gasteiger partial charge in [0.1, 0.15) is 0 Å². The molecule has 0 atom stereocenters. The summed E-state index contributed by atoms with van der Waals surface area (Å²) in [4.78, 5) is 14.5. The number of hydrogen-bond acceptors (Lipinski definition) is 2. The lowest BCUT2D eigenvalue weighted by atomic mass is 9.93. The van der Waals surface area contributed by atoms with Crippen LogP contribution in [0.25, 0.3) is 0 Å². The van der Waals surface area contributed by atoms with Gasteiger partial charge in [-0.05, 0) is 69.5 Å². The van der Waals surface area contributed by atoms with Crippen molar-refractivity contribution in [1.29, 1.82) is 0 Å². The number of aryl methyl sites for hydroxylation is 1. The van der Waals surface area contributed by atoms with Crippen LogP contribution in [0.2, 0.25) is 0 Å². The first-order valence-corrected chi connectivity index (χ1v) is 8.10. The van der Waals surface area contributed by atoms with Crippen LogP contribution in [-0.4, -0.2) is 37.5 Å². The highest BCUT2D eigenvalue weighted by Crippen LogP contribution is 2.23. The number of nitrogens with one attached hydrogen (secondary N) is 1. The highest BCUT2D eigenvalue weighted by molar-refractivity contribution is 9.10. The van der Waals surface area contributed by atoms with Crippen LogP contribution in [0.15, 0.2) is 22.7 Å². The predicted octanol–water partition coefficient (Wildman–Crippen LogP) is 3.64. The Morgan fingerprint density at radius 1 is 1.33 bits per heavy atom. The van der Waals surface area contributed by atoms with Crippen molar-refractivity contribution in [2.24, 2.45) is 5.92 Å². The maximum absolute atomic E-state index is 12.5. The van der Waals surface area contributed by atoms with Crippen LogP contribution in [0.5, 0.6) is 0 Å². The molecular weight excluding hydrogens is 352 g/mol. The van der Waals surface area contributed by atoms with Gasteiger partial charge in [0.05, 0.1) is 0 Å². The smallest absolute Gasteiger partial charge is 0.253 e. The maximum atomic E-state index is 12.5. The van der Waals surface area contributed by atoms with E-state index in [-0.39, 0.29) is 18.3 Å². The number of likely N-dealkylation sites (tertiary alicyclic amines) is 1. The molecule has 0 aliphatic carbocycles. The summed E-state index contributed by atoms with van der Waals surface area (Å²) in [5.41, 5.74) is 1.91. The minimum absolute atomic E-state index is 0. The number of nitrogens with zero attached hydrogens (tertiary/aromatic N) is 1. The molecule has 1 amide bonds. The van der Waals surface area contributed by atoms with E-state index in [1.165, 1.54) is 6.42 Å². The van der Waals surface area contributed by atoms with Crippen LogP contribution >= 0.6 is 28.3 Å². The number of hydrogen-bond donors (Lipinski definition) is 1. The summed E-state index contributed by atoms with van der Waals surface area (Å²) < 4.78 is 0.977. The second-order valence-corrected chi connectivity index (χ2v) is 6.56. The first-order chi connectivity index (χ1) is 9.60. The van der Waals surface area contributed by atoms with Crippen molar-refractivity contribution in [2.75, 3.05) is 26.7 Å². The van der Waals surface area contributed by atoms with E-state index in [4.69, 9.17) is 0 Å². The number of amides is 1. The van der Waals surface area contributed by atoms with Crippen LogP contribution in [-0.2, 0) is 0 Å². The highest BCUT2D eigenvalue weighted by atomic mass is 79.9. The third-order valence-corrected chi connectivity index (χ3v) is 4.45. The molecular formula is C16H24BrClN2O. The Kier molecular flexibility index (Phi) is 7.71. The Hall–Kier alpha value is -0.580. The van der Waals surface area contributed by atoms with Gasteiger partial charge in [0.2, 0.25) is 0 Å². The van der Waals surface area contributed by atoms with Crippen LogP contribution in [0, 0.1) is 12.8 Å². The molecule has 0 saturated carbocycles. The van der Waals surface area contributed by atoms with Crippen molar-refractivity contribution in [2.45, 2.75) is 26.2 Å². The molecule has 3 nitrogen and oxygen atoms in total. The van der Waals surface area contributed by atoms with Crippen LogP contribution in [0.4, 0.5) is 0 Å². The molecule has 118 valence electrons. The van der Waals surface area contributed by atoms with E-state index in [1.807, 2.05) is 37.1 Å². The topological polar surface area (TPSA) is 32.3 Å². The largest absolute Gasteiger partial charge is 0.339 e. The van der Waals surface area contributed by atoms with E-state index >= 15 is 0 Å². The van der Waals surface area contributed by atoms with Crippen molar-refractivity contribution >= 4 is 34.2 Å². The summed E-state index contributed by atoms with van der Waals surface area (Å²) >= 11 is 3.47. The quantitative estimate of drug-likeness (QED) is 0.871. The summed E-state index contributed by atoms with van der Waals surface area (Å²) in [6.45, 7) is 4.87. The first kappa shape index (κ1) is 18.5.